The van der Waals surface area contributed by atoms with Gasteiger partial charge in [-0.1, -0.05) is 30.3 Å². The molecule has 0 fully saturated rings. The van der Waals surface area contributed by atoms with E-state index in [0.717, 1.165) is 11.0 Å². The lowest BCUT2D eigenvalue weighted by Gasteiger charge is -2.23. The predicted octanol–water partition coefficient (Wildman–Crippen LogP) is 0.964. The number of nitrogens with zero attached hydrogens (tertiary/aromatic N) is 1. The summed E-state index contributed by atoms with van der Waals surface area (Å²) in [6, 6.07) is 10.6. The van der Waals surface area contributed by atoms with Crippen molar-refractivity contribution in [1.82, 2.24) is 0 Å². The van der Waals surface area contributed by atoms with Crippen LogP contribution in [0.3, 0.4) is 0 Å². The Hall–Kier alpha value is -0.710. The van der Waals surface area contributed by atoms with Crippen LogP contribution in [0.2, 0.25) is 0 Å². The summed E-state index contributed by atoms with van der Waals surface area (Å²) in [7, 11) is 1.97. The van der Waals surface area contributed by atoms with Crippen molar-refractivity contribution in [3.8, 4) is 0 Å². The average molecular weight is 248 g/mol. The monoisotopic (exact) mass is 248 g/mol. The molecule has 0 spiro atoms. The van der Waals surface area contributed by atoms with E-state index in [0.29, 0.717) is 0 Å². The van der Waals surface area contributed by atoms with Gasteiger partial charge in [0.25, 0.3) is 0 Å². The molecule has 0 aliphatic carbocycles. The number of hydrogen-bond acceptors (Lipinski definition) is 1. The lowest BCUT2D eigenvalue weighted by atomic mass is 10.2. The Morgan fingerprint density at radius 1 is 1.06 bits per heavy atom. The van der Waals surface area contributed by atoms with Crippen molar-refractivity contribution in [2.45, 2.75) is 6.54 Å². The Bertz CT molecular complexity index is 333. The van der Waals surface area contributed by atoms with E-state index in [9.17, 15) is 0 Å². The first kappa shape index (κ1) is 15.3. The summed E-state index contributed by atoms with van der Waals surface area (Å²) in [4.78, 5) is 21.6. The Labute approximate surface area is 95.8 Å². The SMILES string of the molecule is C[N+](C)(C)Cc1ccccc1.O=P(O)(O)O. The summed E-state index contributed by atoms with van der Waals surface area (Å²) in [5, 5.41) is 0. The molecule has 0 amide bonds. The number of quaternary nitrogens is 1. The third kappa shape index (κ3) is 13.3. The zero-order chi connectivity index (χ0) is 12.8. The molecule has 3 N–H and O–H groups in total. The molecule has 6 heteroatoms. The van der Waals surface area contributed by atoms with Gasteiger partial charge in [-0.2, -0.15) is 0 Å². The number of phosphoric acid groups is 1. The second-order valence-electron chi connectivity index (χ2n) is 4.45. The lowest BCUT2D eigenvalue weighted by Crippen LogP contribution is -2.33. The molecule has 0 heterocycles. The standard InChI is InChI=1S/C10H16N.H3O4P/c1-11(2,3)9-10-7-5-4-6-8-10;1-5(2,3)4/h4-8H,9H2,1-3H3;(H3,1,2,3,4)/q+1;. The van der Waals surface area contributed by atoms with Gasteiger partial charge in [-0.3, -0.25) is 0 Å². The first-order chi connectivity index (χ1) is 7.08. The molecule has 0 aliphatic rings. The lowest BCUT2D eigenvalue weighted by molar-refractivity contribution is -0.884. The van der Waals surface area contributed by atoms with Gasteiger partial charge in [-0.15, -0.1) is 0 Å². The molecule has 0 saturated carbocycles. The molecule has 0 aliphatic heterocycles. The summed E-state index contributed by atoms with van der Waals surface area (Å²) in [6.45, 7) is 1.10. The highest BCUT2D eigenvalue weighted by atomic mass is 31.2. The summed E-state index contributed by atoms with van der Waals surface area (Å²) < 4.78 is 9.87. The molecule has 0 atom stereocenters. The van der Waals surface area contributed by atoms with Crippen LogP contribution >= 0.6 is 7.82 Å². The normalized spacial score (nSPS) is 11.6. The number of rotatable bonds is 2. The molecular formula is C10H19NO4P+. The third-order valence-electron chi connectivity index (χ3n) is 1.50. The molecule has 0 unspecified atom stereocenters. The molecule has 0 bridgehead atoms. The maximum absolute atomic E-state index is 8.88. The van der Waals surface area contributed by atoms with E-state index in [1.165, 1.54) is 5.56 Å². The number of hydrogen-bond donors (Lipinski definition) is 3. The minimum atomic E-state index is -4.64. The van der Waals surface area contributed by atoms with Gasteiger partial charge < -0.3 is 19.2 Å². The highest BCUT2D eigenvalue weighted by molar-refractivity contribution is 7.45. The fourth-order valence-electron chi connectivity index (χ4n) is 1.13. The van der Waals surface area contributed by atoms with Crippen LogP contribution in [0.1, 0.15) is 5.56 Å². The molecule has 0 aromatic heterocycles. The first-order valence-corrected chi connectivity index (χ1v) is 6.27. The second kappa shape index (κ2) is 6.13. The van der Waals surface area contributed by atoms with Crippen LogP contribution in [0.4, 0.5) is 0 Å². The molecule has 92 valence electrons. The molecule has 0 radical (unpaired) electrons. The molecule has 0 saturated heterocycles. The van der Waals surface area contributed by atoms with Crippen molar-refractivity contribution in [3.63, 3.8) is 0 Å². The van der Waals surface area contributed by atoms with Gasteiger partial charge in [-0.05, 0) is 0 Å². The minimum Gasteiger partial charge on any atom is -0.327 e. The maximum Gasteiger partial charge on any atom is 0.466 e. The van der Waals surface area contributed by atoms with E-state index in [-0.39, 0.29) is 0 Å². The highest BCUT2D eigenvalue weighted by Crippen LogP contribution is 2.25. The Morgan fingerprint density at radius 3 is 1.75 bits per heavy atom. The minimum absolute atomic E-state index is 0.990. The van der Waals surface area contributed by atoms with Crippen LogP contribution in [0.25, 0.3) is 0 Å². The molecule has 1 aromatic rings. The average Bonchev–Trinajstić information content (AvgIpc) is 1.99. The fraction of sp³-hybridized carbons (Fsp3) is 0.400. The Balaban J connectivity index is 0.000000385. The van der Waals surface area contributed by atoms with Crippen LogP contribution in [-0.2, 0) is 11.1 Å². The third-order valence-corrected chi connectivity index (χ3v) is 1.50. The van der Waals surface area contributed by atoms with Crippen molar-refractivity contribution in [2.24, 2.45) is 0 Å². The second-order valence-corrected chi connectivity index (χ2v) is 5.47. The van der Waals surface area contributed by atoms with Crippen LogP contribution in [0, 0.1) is 0 Å². The van der Waals surface area contributed by atoms with E-state index in [1.807, 2.05) is 0 Å². The van der Waals surface area contributed by atoms with Crippen molar-refractivity contribution in [1.29, 1.82) is 0 Å². The van der Waals surface area contributed by atoms with Crippen LogP contribution in [0.15, 0.2) is 30.3 Å². The van der Waals surface area contributed by atoms with Gasteiger partial charge in [0.1, 0.15) is 6.54 Å². The maximum atomic E-state index is 8.88. The molecule has 5 nitrogen and oxygen atoms in total. The molecular weight excluding hydrogens is 229 g/mol. The van der Waals surface area contributed by atoms with Gasteiger partial charge in [-0.25, -0.2) is 4.57 Å². The van der Waals surface area contributed by atoms with Gasteiger partial charge in [0.05, 0.1) is 21.1 Å². The Kier molecular flexibility index (Phi) is 5.86. The molecule has 16 heavy (non-hydrogen) atoms. The van der Waals surface area contributed by atoms with E-state index in [4.69, 9.17) is 19.2 Å². The predicted molar refractivity (Wildman–Crippen MR) is 62.4 cm³/mol. The van der Waals surface area contributed by atoms with Crippen LogP contribution < -0.4 is 0 Å². The van der Waals surface area contributed by atoms with Crippen molar-refractivity contribution >= 4 is 7.82 Å². The summed E-state index contributed by atoms with van der Waals surface area (Å²) >= 11 is 0. The Morgan fingerprint density at radius 2 is 1.44 bits per heavy atom. The highest BCUT2D eigenvalue weighted by Gasteiger charge is 2.06. The van der Waals surface area contributed by atoms with Gasteiger partial charge in [0.15, 0.2) is 0 Å². The largest absolute Gasteiger partial charge is 0.466 e. The summed E-state index contributed by atoms with van der Waals surface area (Å²) in [6.07, 6.45) is 0. The van der Waals surface area contributed by atoms with E-state index in [1.54, 1.807) is 0 Å². The smallest absolute Gasteiger partial charge is 0.327 e. The fourth-order valence-corrected chi connectivity index (χ4v) is 1.13. The molecule has 1 aromatic carbocycles. The van der Waals surface area contributed by atoms with Crippen molar-refractivity contribution in [3.05, 3.63) is 35.9 Å². The van der Waals surface area contributed by atoms with Gasteiger partial charge in [0.2, 0.25) is 0 Å². The van der Waals surface area contributed by atoms with E-state index >= 15 is 0 Å². The van der Waals surface area contributed by atoms with Crippen molar-refractivity contribution in [2.75, 3.05) is 21.1 Å². The quantitative estimate of drug-likeness (QED) is 0.538. The van der Waals surface area contributed by atoms with Gasteiger partial charge in [0, 0.05) is 5.56 Å². The molecule has 1 rings (SSSR count). The van der Waals surface area contributed by atoms with E-state index in [2.05, 4.69) is 51.5 Å². The summed E-state index contributed by atoms with van der Waals surface area (Å²) in [5.74, 6) is 0. The van der Waals surface area contributed by atoms with Crippen LogP contribution in [-0.4, -0.2) is 40.3 Å². The summed E-state index contributed by atoms with van der Waals surface area (Å²) in [5.41, 5.74) is 1.40. The zero-order valence-corrected chi connectivity index (χ0v) is 10.6. The van der Waals surface area contributed by atoms with Crippen LogP contribution in [0.5, 0.6) is 0 Å². The number of benzene rings is 1. The van der Waals surface area contributed by atoms with Crippen molar-refractivity contribution < 1.29 is 23.7 Å². The van der Waals surface area contributed by atoms with Gasteiger partial charge >= 0.3 is 7.82 Å². The topological polar surface area (TPSA) is 77.8 Å². The van der Waals surface area contributed by atoms with E-state index < -0.39 is 7.82 Å². The zero-order valence-electron chi connectivity index (χ0n) is 9.74. The first-order valence-electron chi connectivity index (χ1n) is 4.70.